The van der Waals surface area contributed by atoms with Crippen LogP contribution in [-0.2, 0) is 9.59 Å². The number of Topliss-reactive ketones (excluding diaryl/α,β-unsaturated/α-hetero) is 1. The summed E-state index contributed by atoms with van der Waals surface area (Å²) in [4.78, 5) is 35.9. The molecule has 1 aliphatic heterocycles. The number of nitrogens with one attached hydrogen (secondary N) is 1. The van der Waals surface area contributed by atoms with Crippen LogP contribution in [-0.4, -0.2) is 31.2 Å². The first-order chi connectivity index (χ1) is 9.45. The maximum atomic E-state index is 13.5. The van der Waals surface area contributed by atoms with Gasteiger partial charge in [0.25, 0.3) is 11.7 Å². The van der Waals surface area contributed by atoms with E-state index in [0.29, 0.717) is 6.42 Å². The number of hydrogen-bond donors (Lipinski definition) is 1. The average Bonchev–Trinajstić information content (AvgIpc) is 2.64. The molecule has 2 rings (SSSR count). The van der Waals surface area contributed by atoms with E-state index in [1.807, 2.05) is 0 Å². The number of halogens is 2. The third-order valence-electron chi connectivity index (χ3n) is 3.08. The molecule has 106 valence electrons. The monoisotopic (exact) mass is 298 g/mol. The van der Waals surface area contributed by atoms with Crippen LogP contribution < -0.4 is 10.2 Å². The van der Waals surface area contributed by atoms with E-state index in [1.54, 1.807) is 0 Å². The number of fused-ring (bicyclic) bond motifs is 1. The molecule has 0 radical (unpaired) electrons. The second-order valence-electron chi connectivity index (χ2n) is 4.35. The van der Waals surface area contributed by atoms with E-state index in [0.717, 1.165) is 12.1 Å². The molecular weight excluding hydrogens is 287 g/mol. The Kier molecular flexibility index (Phi) is 4.04. The minimum absolute atomic E-state index is 0.0985. The van der Waals surface area contributed by atoms with Crippen molar-refractivity contribution in [3.63, 3.8) is 0 Å². The van der Waals surface area contributed by atoms with Gasteiger partial charge in [0.1, 0.15) is 5.82 Å². The highest BCUT2D eigenvalue weighted by molar-refractivity contribution is 6.52. The van der Waals surface area contributed by atoms with Gasteiger partial charge in [-0.05, 0) is 18.6 Å². The van der Waals surface area contributed by atoms with Crippen molar-refractivity contribution in [2.75, 3.05) is 18.5 Å². The van der Waals surface area contributed by atoms with Gasteiger partial charge in [0, 0.05) is 20.0 Å². The summed E-state index contributed by atoms with van der Waals surface area (Å²) in [5.41, 5.74) is 0.306. The average molecular weight is 299 g/mol. The Morgan fingerprint density at radius 1 is 1.40 bits per heavy atom. The van der Waals surface area contributed by atoms with Crippen LogP contribution >= 0.6 is 11.6 Å². The van der Waals surface area contributed by atoms with Gasteiger partial charge >= 0.3 is 0 Å². The molecule has 7 heteroatoms. The minimum Gasteiger partial charge on any atom is -0.359 e. The second kappa shape index (κ2) is 5.58. The van der Waals surface area contributed by atoms with Gasteiger partial charge < -0.3 is 10.2 Å². The summed E-state index contributed by atoms with van der Waals surface area (Å²) in [6.07, 6.45) is 0.599. The van der Waals surface area contributed by atoms with Gasteiger partial charge in [0.2, 0.25) is 5.91 Å². The normalized spacial score (nSPS) is 13.7. The highest BCUT2D eigenvalue weighted by atomic mass is 35.5. The number of nitrogens with zero attached hydrogens (tertiary/aromatic N) is 1. The highest BCUT2D eigenvalue weighted by Gasteiger charge is 2.36. The minimum atomic E-state index is -0.724. The molecular formula is C13H12ClFN2O3. The van der Waals surface area contributed by atoms with Crippen LogP contribution in [0, 0.1) is 5.82 Å². The molecule has 1 aliphatic rings. The van der Waals surface area contributed by atoms with Crippen molar-refractivity contribution in [3.8, 4) is 0 Å². The number of carbonyl (C=O) groups is 3. The SMILES string of the molecule is CNC(=O)CCCN1C(=O)C(=O)c2cc(Cl)c(F)cc21. The number of amides is 2. The molecule has 0 aliphatic carbocycles. The maximum absolute atomic E-state index is 13.5. The number of rotatable bonds is 4. The topological polar surface area (TPSA) is 66.5 Å². The standard InChI is InChI=1S/C13H12ClFN2O3/c1-16-11(18)3-2-4-17-10-6-9(15)8(14)5-7(10)12(19)13(17)20/h5-6H,2-4H2,1H3,(H,16,18). The molecule has 0 saturated heterocycles. The molecule has 2 amide bonds. The lowest BCUT2D eigenvalue weighted by Gasteiger charge is -2.16. The van der Waals surface area contributed by atoms with E-state index >= 15 is 0 Å². The molecule has 0 bridgehead atoms. The third kappa shape index (κ3) is 2.51. The molecule has 0 saturated carbocycles. The Balaban J connectivity index is 2.20. The Morgan fingerprint density at radius 3 is 2.75 bits per heavy atom. The smallest absolute Gasteiger partial charge is 0.299 e. The Labute approximate surface area is 119 Å². The second-order valence-corrected chi connectivity index (χ2v) is 4.75. The lowest BCUT2D eigenvalue weighted by atomic mass is 10.1. The molecule has 1 heterocycles. The van der Waals surface area contributed by atoms with Crippen LogP contribution in [0.3, 0.4) is 0 Å². The Hall–Kier alpha value is -1.95. The van der Waals surface area contributed by atoms with E-state index in [9.17, 15) is 18.8 Å². The fraction of sp³-hybridized carbons (Fsp3) is 0.308. The summed E-state index contributed by atoms with van der Waals surface area (Å²) in [5.74, 6) is -2.28. The van der Waals surface area contributed by atoms with Gasteiger partial charge in [-0.25, -0.2) is 4.39 Å². The van der Waals surface area contributed by atoms with Gasteiger partial charge in [-0.1, -0.05) is 11.6 Å². The van der Waals surface area contributed by atoms with Gasteiger partial charge in [-0.2, -0.15) is 0 Å². The molecule has 5 nitrogen and oxygen atoms in total. The van der Waals surface area contributed by atoms with Gasteiger partial charge in [0.05, 0.1) is 16.3 Å². The van der Waals surface area contributed by atoms with Crippen molar-refractivity contribution in [2.24, 2.45) is 0 Å². The van der Waals surface area contributed by atoms with Crippen LogP contribution in [0.2, 0.25) is 5.02 Å². The summed E-state index contributed by atoms with van der Waals surface area (Å²) in [6, 6.07) is 2.23. The molecule has 1 aromatic rings. The molecule has 1 aromatic carbocycles. The molecule has 1 N–H and O–H groups in total. The van der Waals surface area contributed by atoms with Gasteiger partial charge in [-0.3, -0.25) is 14.4 Å². The van der Waals surface area contributed by atoms with Crippen molar-refractivity contribution in [2.45, 2.75) is 12.8 Å². The summed E-state index contributed by atoms with van der Waals surface area (Å²) in [5, 5.41) is 2.26. The van der Waals surface area contributed by atoms with Crippen molar-refractivity contribution in [3.05, 3.63) is 28.5 Å². The zero-order chi connectivity index (χ0) is 14.9. The molecule has 0 aromatic heterocycles. The zero-order valence-electron chi connectivity index (χ0n) is 10.7. The van der Waals surface area contributed by atoms with E-state index < -0.39 is 17.5 Å². The predicted molar refractivity (Wildman–Crippen MR) is 71.4 cm³/mol. The van der Waals surface area contributed by atoms with Crippen molar-refractivity contribution >= 4 is 34.9 Å². The lowest BCUT2D eigenvalue weighted by molar-refractivity contribution is -0.121. The Bertz CT molecular complexity index is 604. The van der Waals surface area contributed by atoms with Crippen LogP contribution in [0.1, 0.15) is 23.2 Å². The molecule has 0 fully saturated rings. The summed E-state index contributed by atoms with van der Waals surface area (Å²) < 4.78 is 13.5. The van der Waals surface area contributed by atoms with Crippen molar-refractivity contribution in [1.82, 2.24) is 5.32 Å². The number of carbonyl (C=O) groups excluding carboxylic acids is 3. The third-order valence-corrected chi connectivity index (χ3v) is 3.37. The van der Waals surface area contributed by atoms with Gasteiger partial charge in [0.15, 0.2) is 0 Å². The van der Waals surface area contributed by atoms with Crippen LogP contribution in [0.5, 0.6) is 0 Å². The van der Waals surface area contributed by atoms with Crippen molar-refractivity contribution in [1.29, 1.82) is 0 Å². The summed E-state index contributed by atoms with van der Waals surface area (Å²) >= 11 is 5.61. The Morgan fingerprint density at radius 2 is 2.10 bits per heavy atom. The maximum Gasteiger partial charge on any atom is 0.299 e. The zero-order valence-corrected chi connectivity index (χ0v) is 11.5. The van der Waals surface area contributed by atoms with Crippen molar-refractivity contribution < 1.29 is 18.8 Å². The quantitative estimate of drug-likeness (QED) is 0.857. The summed E-state index contributed by atoms with van der Waals surface area (Å²) in [6.45, 7) is 0.173. The molecule has 0 unspecified atom stereocenters. The number of hydrogen-bond acceptors (Lipinski definition) is 3. The van der Waals surface area contributed by atoms with Crippen LogP contribution in [0.25, 0.3) is 0 Å². The first-order valence-corrected chi connectivity index (χ1v) is 6.39. The molecule has 0 spiro atoms. The van der Waals surface area contributed by atoms with E-state index in [2.05, 4.69) is 5.32 Å². The number of anilines is 1. The first-order valence-electron chi connectivity index (χ1n) is 6.01. The number of ketones is 1. The highest BCUT2D eigenvalue weighted by Crippen LogP contribution is 2.33. The van der Waals surface area contributed by atoms with Gasteiger partial charge in [-0.15, -0.1) is 0 Å². The van der Waals surface area contributed by atoms with E-state index in [4.69, 9.17) is 11.6 Å². The lowest BCUT2D eigenvalue weighted by Crippen LogP contribution is -2.31. The first kappa shape index (κ1) is 14.5. The summed E-state index contributed by atoms with van der Waals surface area (Å²) in [7, 11) is 1.51. The number of benzene rings is 1. The molecule has 20 heavy (non-hydrogen) atoms. The fourth-order valence-electron chi connectivity index (χ4n) is 2.03. The van der Waals surface area contributed by atoms with E-state index in [1.165, 1.54) is 11.9 Å². The van der Waals surface area contributed by atoms with Crippen LogP contribution in [0.4, 0.5) is 10.1 Å². The molecule has 0 atom stereocenters. The van der Waals surface area contributed by atoms with Crippen LogP contribution in [0.15, 0.2) is 12.1 Å². The predicted octanol–water partition coefficient (Wildman–Crippen LogP) is 1.53. The fourth-order valence-corrected chi connectivity index (χ4v) is 2.20. The van der Waals surface area contributed by atoms with E-state index in [-0.39, 0.29) is 35.1 Å². The largest absolute Gasteiger partial charge is 0.359 e.